The van der Waals surface area contributed by atoms with Crippen LogP contribution in [-0.2, 0) is 14.8 Å². The molecule has 2 aromatic rings. The van der Waals surface area contributed by atoms with E-state index in [1.54, 1.807) is 36.1 Å². The number of benzene rings is 2. The predicted molar refractivity (Wildman–Crippen MR) is 118 cm³/mol. The van der Waals surface area contributed by atoms with Crippen LogP contribution in [0.15, 0.2) is 48.5 Å². The summed E-state index contributed by atoms with van der Waals surface area (Å²) >= 11 is 12.0. The second kappa shape index (κ2) is 8.81. The van der Waals surface area contributed by atoms with Crippen molar-refractivity contribution in [2.75, 3.05) is 41.6 Å². The summed E-state index contributed by atoms with van der Waals surface area (Å²) in [6.45, 7) is 3.93. The molecule has 1 fully saturated rings. The Morgan fingerprint density at radius 2 is 1.62 bits per heavy atom. The van der Waals surface area contributed by atoms with Crippen LogP contribution in [0, 0.1) is 0 Å². The van der Waals surface area contributed by atoms with E-state index in [0.717, 1.165) is 16.2 Å². The number of amides is 1. The number of carbonyl (C=O) groups is 1. The molecule has 2 aromatic carbocycles. The molecule has 0 radical (unpaired) electrons. The summed E-state index contributed by atoms with van der Waals surface area (Å²) in [6, 6.07) is 13.2. The van der Waals surface area contributed by atoms with Crippen LogP contribution in [0.4, 0.5) is 11.4 Å². The topological polar surface area (TPSA) is 60.9 Å². The van der Waals surface area contributed by atoms with Crippen LogP contribution < -0.4 is 9.21 Å². The first kappa shape index (κ1) is 21.7. The van der Waals surface area contributed by atoms with Crippen molar-refractivity contribution in [2.24, 2.45) is 0 Å². The second-order valence-electron chi connectivity index (χ2n) is 7.00. The molecule has 0 bridgehead atoms. The summed E-state index contributed by atoms with van der Waals surface area (Å²) in [5, 5.41) is 1.17. The highest BCUT2D eigenvalue weighted by Crippen LogP contribution is 2.25. The van der Waals surface area contributed by atoms with Crippen LogP contribution in [0.25, 0.3) is 0 Å². The summed E-state index contributed by atoms with van der Waals surface area (Å²) in [5.41, 5.74) is 1.42. The van der Waals surface area contributed by atoms with Crippen LogP contribution in [0.1, 0.15) is 6.92 Å². The zero-order valence-electron chi connectivity index (χ0n) is 16.3. The molecule has 0 aliphatic carbocycles. The third kappa shape index (κ3) is 5.15. The fraction of sp³-hybridized carbons (Fsp3) is 0.350. The number of hydrogen-bond donors (Lipinski definition) is 0. The van der Waals surface area contributed by atoms with Crippen molar-refractivity contribution in [3.63, 3.8) is 0 Å². The molecule has 1 saturated heterocycles. The molecule has 0 saturated carbocycles. The molecular formula is C20H23Cl2N3O3S. The predicted octanol–water partition coefficient (Wildman–Crippen LogP) is 3.50. The van der Waals surface area contributed by atoms with E-state index in [2.05, 4.69) is 4.90 Å². The van der Waals surface area contributed by atoms with Gasteiger partial charge >= 0.3 is 0 Å². The van der Waals surface area contributed by atoms with E-state index in [1.807, 2.05) is 24.3 Å². The lowest BCUT2D eigenvalue weighted by molar-refractivity contribution is -0.132. The average molecular weight is 456 g/mol. The maximum absolute atomic E-state index is 13.1. The van der Waals surface area contributed by atoms with Crippen molar-refractivity contribution in [1.29, 1.82) is 0 Å². The van der Waals surface area contributed by atoms with Crippen LogP contribution in [0.5, 0.6) is 0 Å². The number of rotatable bonds is 5. The Hall–Kier alpha value is -1.96. The molecular weight excluding hydrogens is 433 g/mol. The zero-order valence-corrected chi connectivity index (χ0v) is 18.6. The van der Waals surface area contributed by atoms with Crippen LogP contribution in [0.3, 0.4) is 0 Å². The molecule has 0 N–H and O–H groups in total. The van der Waals surface area contributed by atoms with Crippen molar-refractivity contribution < 1.29 is 13.2 Å². The van der Waals surface area contributed by atoms with E-state index >= 15 is 0 Å². The number of piperazine rings is 1. The van der Waals surface area contributed by atoms with Gasteiger partial charge in [-0.05, 0) is 49.4 Å². The molecule has 0 unspecified atom stereocenters. The first-order chi connectivity index (χ1) is 13.7. The Balaban J connectivity index is 1.72. The van der Waals surface area contributed by atoms with Crippen molar-refractivity contribution in [3.05, 3.63) is 58.6 Å². The Labute approximate surface area is 181 Å². The minimum absolute atomic E-state index is 0.226. The number of carbonyl (C=O) groups excluding carboxylic acids is 1. The van der Waals surface area contributed by atoms with Gasteiger partial charge in [0, 0.05) is 41.9 Å². The minimum atomic E-state index is -3.65. The standard InChI is InChI=1S/C20H23Cl2N3O3S/c1-15(25(29(2,27)28)18-8-6-16(21)7-9-18)20(26)24-12-10-23(11-13-24)19-5-3-4-17(22)14-19/h3-9,14-15H,10-13H2,1-2H3/t15-/m1/s1. The fourth-order valence-electron chi connectivity index (χ4n) is 3.51. The van der Waals surface area contributed by atoms with Crippen molar-refractivity contribution in [1.82, 2.24) is 4.90 Å². The van der Waals surface area contributed by atoms with E-state index in [1.165, 1.54) is 0 Å². The summed E-state index contributed by atoms with van der Waals surface area (Å²) in [4.78, 5) is 16.9. The van der Waals surface area contributed by atoms with Gasteiger partial charge in [-0.15, -0.1) is 0 Å². The highest BCUT2D eigenvalue weighted by Gasteiger charge is 2.33. The molecule has 1 aliphatic heterocycles. The van der Waals surface area contributed by atoms with Gasteiger partial charge in [-0.3, -0.25) is 9.10 Å². The third-order valence-corrected chi connectivity index (χ3v) is 6.64. The van der Waals surface area contributed by atoms with Crippen LogP contribution in [0.2, 0.25) is 10.0 Å². The van der Waals surface area contributed by atoms with E-state index in [4.69, 9.17) is 23.2 Å². The highest BCUT2D eigenvalue weighted by atomic mass is 35.5. The Kier molecular flexibility index (Phi) is 6.61. The second-order valence-corrected chi connectivity index (χ2v) is 9.74. The van der Waals surface area contributed by atoms with Gasteiger partial charge in [0.1, 0.15) is 6.04 Å². The van der Waals surface area contributed by atoms with Gasteiger partial charge in [0.05, 0.1) is 11.9 Å². The molecule has 0 aromatic heterocycles. The normalized spacial score (nSPS) is 15.9. The van der Waals surface area contributed by atoms with Gasteiger partial charge in [-0.2, -0.15) is 0 Å². The van der Waals surface area contributed by atoms with E-state index in [9.17, 15) is 13.2 Å². The van der Waals surface area contributed by atoms with Gasteiger partial charge < -0.3 is 9.80 Å². The quantitative estimate of drug-likeness (QED) is 0.691. The average Bonchev–Trinajstić information content (AvgIpc) is 2.68. The fourth-order valence-corrected chi connectivity index (χ4v) is 4.99. The summed E-state index contributed by atoms with van der Waals surface area (Å²) in [6.07, 6.45) is 1.10. The van der Waals surface area contributed by atoms with E-state index in [0.29, 0.717) is 41.9 Å². The molecule has 3 rings (SSSR count). The number of halogens is 2. The smallest absolute Gasteiger partial charge is 0.246 e. The molecule has 1 amide bonds. The number of nitrogens with zero attached hydrogens (tertiary/aromatic N) is 3. The Morgan fingerprint density at radius 3 is 2.17 bits per heavy atom. The lowest BCUT2D eigenvalue weighted by Crippen LogP contribution is -2.55. The molecule has 6 nitrogen and oxygen atoms in total. The van der Waals surface area contributed by atoms with Gasteiger partial charge in [0.15, 0.2) is 0 Å². The molecule has 1 aliphatic rings. The number of hydrogen-bond acceptors (Lipinski definition) is 4. The Morgan fingerprint density at radius 1 is 1.00 bits per heavy atom. The molecule has 1 atom stereocenters. The van der Waals surface area contributed by atoms with Gasteiger partial charge in [0.2, 0.25) is 15.9 Å². The summed E-state index contributed by atoms with van der Waals surface area (Å²) < 4.78 is 26.0. The molecule has 29 heavy (non-hydrogen) atoms. The minimum Gasteiger partial charge on any atom is -0.368 e. The first-order valence-corrected chi connectivity index (χ1v) is 11.8. The molecule has 1 heterocycles. The van der Waals surface area contributed by atoms with Crippen LogP contribution in [-0.4, -0.2) is 57.7 Å². The zero-order chi connectivity index (χ0) is 21.2. The highest BCUT2D eigenvalue weighted by molar-refractivity contribution is 7.92. The van der Waals surface area contributed by atoms with Crippen molar-refractivity contribution in [3.8, 4) is 0 Å². The van der Waals surface area contributed by atoms with E-state index in [-0.39, 0.29) is 5.91 Å². The first-order valence-electron chi connectivity index (χ1n) is 9.21. The number of anilines is 2. The third-order valence-electron chi connectivity index (χ3n) is 4.91. The summed E-state index contributed by atoms with van der Waals surface area (Å²) in [7, 11) is -3.65. The van der Waals surface area contributed by atoms with Crippen molar-refractivity contribution in [2.45, 2.75) is 13.0 Å². The van der Waals surface area contributed by atoms with Crippen LogP contribution >= 0.6 is 23.2 Å². The molecule has 0 spiro atoms. The molecule has 156 valence electrons. The van der Waals surface area contributed by atoms with E-state index < -0.39 is 16.1 Å². The van der Waals surface area contributed by atoms with Crippen molar-refractivity contribution >= 4 is 50.5 Å². The number of sulfonamides is 1. The maximum atomic E-state index is 13.1. The van der Waals surface area contributed by atoms with Gasteiger partial charge in [0.25, 0.3) is 0 Å². The largest absolute Gasteiger partial charge is 0.368 e. The monoisotopic (exact) mass is 455 g/mol. The van der Waals surface area contributed by atoms with Gasteiger partial charge in [-0.1, -0.05) is 29.3 Å². The Bertz CT molecular complexity index is 975. The lowest BCUT2D eigenvalue weighted by Gasteiger charge is -2.39. The lowest BCUT2D eigenvalue weighted by atomic mass is 10.2. The summed E-state index contributed by atoms with van der Waals surface area (Å²) in [5.74, 6) is -0.226. The van der Waals surface area contributed by atoms with Gasteiger partial charge in [-0.25, -0.2) is 8.42 Å². The molecule has 9 heteroatoms. The maximum Gasteiger partial charge on any atom is 0.246 e. The SMILES string of the molecule is C[C@H](C(=O)N1CCN(c2cccc(Cl)c2)CC1)N(c1ccc(Cl)cc1)S(C)(=O)=O.